The minimum Gasteiger partial charge on any atom is -0.381 e. The zero-order chi connectivity index (χ0) is 9.97. The molecule has 0 spiro atoms. The van der Waals surface area contributed by atoms with Crippen molar-refractivity contribution in [1.82, 2.24) is 9.97 Å². The molecule has 0 unspecified atom stereocenters. The van der Waals surface area contributed by atoms with E-state index >= 15 is 0 Å². The van der Waals surface area contributed by atoms with Gasteiger partial charge in [-0.1, -0.05) is 6.07 Å². The third kappa shape index (κ3) is 1.72. The van der Waals surface area contributed by atoms with Gasteiger partial charge in [-0.2, -0.15) is 0 Å². The highest BCUT2D eigenvalue weighted by Crippen LogP contribution is 2.17. The Morgan fingerprint density at radius 2 is 2.29 bits per heavy atom. The Labute approximate surface area is 84.4 Å². The Bertz CT molecular complexity index is 428. The van der Waals surface area contributed by atoms with E-state index < -0.39 is 5.82 Å². The van der Waals surface area contributed by atoms with E-state index in [9.17, 15) is 4.39 Å². The standard InChI is InChI=1S/C9H8FN3S/c10-8-7(12-5-13-9(8)11)4-6-2-1-3-14-6/h1-3,5H,4H2,(H2,11,12,13). The minimum atomic E-state index is -0.513. The van der Waals surface area contributed by atoms with Crippen molar-refractivity contribution in [3.05, 3.63) is 40.2 Å². The zero-order valence-electron chi connectivity index (χ0n) is 7.27. The summed E-state index contributed by atoms with van der Waals surface area (Å²) in [5.74, 6) is -0.604. The fourth-order valence-electron chi connectivity index (χ4n) is 1.12. The molecule has 2 aromatic rings. The average molecular weight is 209 g/mol. The molecule has 72 valence electrons. The van der Waals surface area contributed by atoms with Gasteiger partial charge in [0.1, 0.15) is 6.33 Å². The van der Waals surface area contributed by atoms with Crippen molar-refractivity contribution in [2.24, 2.45) is 0 Å². The van der Waals surface area contributed by atoms with Crippen molar-refractivity contribution in [2.75, 3.05) is 5.73 Å². The second-order valence-corrected chi connectivity index (χ2v) is 3.81. The summed E-state index contributed by atoms with van der Waals surface area (Å²) in [5.41, 5.74) is 5.67. The molecule has 0 bridgehead atoms. The van der Waals surface area contributed by atoms with Crippen molar-refractivity contribution in [3.63, 3.8) is 0 Å². The van der Waals surface area contributed by atoms with Gasteiger partial charge >= 0.3 is 0 Å². The number of nitrogens with two attached hydrogens (primary N) is 1. The van der Waals surface area contributed by atoms with Crippen LogP contribution < -0.4 is 5.73 Å². The molecule has 0 atom stereocenters. The first kappa shape index (κ1) is 9.08. The molecule has 0 fully saturated rings. The van der Waals surface area contributed by atoms with Crippen molar-refractivity contribution in [2.45, 2.75) is 6.42 Å². The van der Waals surface area contributed by atoms with Crippen molar-refractivity contribution >= 4 is 17.2 Å². The number of nitrogen functional groups attached to an aromatic ring is 1. The van der Waals surface area contributed by atoms with Gasteiger partial charge in [-0.3, -0.25) is 0 Å². The van der Waals surface area contributed by atoms with E-state index in [2.05, 4.69) is 9.97 Å². The van der Waals surface area contributed by atoms with Crippen LogP contribution in [0.15, 0.2) is 23.8 Å². The third-order valence-electron chi connectivity index (χ3n) is 1.81. The summed E-state index contributed by atoms with van der Waals surface area (Å²) in [5, 5.41) is 1.94. The fourth-order valence-corrected chi connectivity index (χ4v) is 1.83. The van der Waals surface area contributed by atoms with Crippen LogP contribution in [0.4, 0.5) is 10.2 Å². The predicted octanol–water partition coefficient (Wildman–Crippen LogP) is 1.85. The molecule has 2 aromatic heterocycles. The van der Waals surface area contributed by atoms with Gasteiger partial charge in [0.25, 0.3) is 0 Å². The third-order valence-corrected chi connectivity index (χ3v) is 2.69. The highest BCUT2D eigenvalue weighted by Gasteiger charge is 2.09. The Hall–Kier alpha value is -1.49. The monoisotopic (exact) mass is 209 g/mol. The van der Waals surface area contributed by atoms with Crippen LogP contribution >= 0.6 is 11.3 Å². The lowest BCUT2D eigenvalue weighted by Gasteiger charge is -2.01. The van der Waals surface area contributed by atoms with Gasteiger partial charge in [-0.05, 0) is 11.4 Å². The second-order valence-electron chi connectivity index (χ2n) is 2.78. The van der Waals surface area contributed by atoms with E-state index in [0.717, 1.165) is 4.88 Å². The van der Waals surface area contributed by atoms with Gasteiger partial charge in [0.2, 0.25) is 0 Å². The van der Waals surface area contributed by atoms with Gasteiger partial charge in [-0.15, -0.1) is 11.3 Å². The smallest absolute Gasteiger partial charge is 0.187 e. The van der Waals surface area contributed by atoms with E-state index in [4.69, 9.17) is 5.73 Å². The van der Waals surface area contributed by atoms with E-state index in [1.54, 1.807) is 11.3 Å². The topological polar surface area (TPSA) is 51.8 Å². The molecule has 0 radical (unpaired) electrons. The van der Waals surface area contributed by atoms with Crippen LogP contribution in [0, 0.1) is 5.82 Å². The molecule has 2 heterocycles. The second kappa shape index (κ2) is 3.71. The highest BCUT2D eigenvalue weighted by atomic mass is 32.1. The molecule has 0 aliphatic carbocycles. The summed E-state index contributed by atoms with van der Waals surface area (Å²) in [6.07, 6.45) is 1.75. The number of nitrogens with zero attached hydrogens (tertiary/aromatic N) is 2. The molecule has 0 aromatic carbocycles. The Morgan fingerprint density at radius 3 is 3.00 bits per heavy atom. The molecular formula is C9H8FN3S. The van der Waals surface area contributed by atoms with Crippen LogP contribution in [0.5, 0.6) is 0 Å². The maximum Gasteiger partial charge on any atom is 0.187 e. The molecule has 2 rings (SSSR count). The van der Waals surface area contributed by atoms with E-state index in [1.165, 1.54) is 6.33 Å². The number of hydrogen-bond acceptors (Lipinski definition) is 4. The molecule has 0 saturated heterocycles. The predicted molar refractivity (Wildman–Crippen MR) is 53.5 cm³/mol. The van der Waals surface area contributed by atoms with Crippen LogP contribution in [-0.2, 0) is 6.42 Å². The quantitative estimate of drug-likeness (QED) is 0.821. The van der Waals surface area contributed by atoms with Crippen molar-refractivity contribution in [1.29, 1.82) is 0 Å². The maximum atomic E-state index is 13.3. The van der Waals surface area contributed by atoms with Gasteiger partial charge in [0.15, 0.2) is 11.6 Å². The minimum absolute atomic E-state index is 0.0912. The molecule has 0 saturated carbocycles. The lowest BCUT2D eigenvalue weighted by Crippen LogP contribution is -2.02. The molecular weight excluding hydrogens is 201 g/mol. The van der Waals surface area contributed by atoms with E-state index in [1.807, 2.05) is 17.5 Å². The van der Waals surface area contributed by atoms with E-state index in [-0.39, 0.29) is 5.82 Å². The SMILES string of the molecule is Nc1ncnc(Cc2cccs2)c1F. The van der Waals surface area contributed by atoms with Gasteiger partial charge in [-0.25, -0.2) is 14.4 Å². The molecule has 2 N–H and O–H groups in total. The van der Waals surface area contributed by atoms with Gasteiger partial charge < -0.3 is 5.73 Å². The van der Waals surface area contributed by atoms with Gasteiger partial charge in [0, 0.05) is 11.3 Å². The van der Waals surface area contributed by atoms with Gasteiger partial charge in [0.05, 0.1) is 5.69 Å². The summed E-state index contributed by atoms with van der Waals surface area (Å²) in [7, 11) is 0. The number of hydrogen-bond donors (Lipinski definition) is 1. The van der Waals surface area contributed by atoms with Crippen LogP contribution in [0.2, 0.25) is 0 Å². The Kier molecular flexibility index (Phi) is 2.41. The summed E-state index contributed by atoms with van der Waals surface area (Å²) in [6, 6.07) is 3.85. The first-order chi connectivity index (χ1) is 6.77. The van der Waals surface area contributed by atoms with Crippen LogP contribution in [0.25, 0.3) is 0 Å². The number of thiophene rings is 1. The maximum absolute atomic E-state index is 13.3. The normalized spacial score (nSPS) is 10.4. The Morgan fingerprint density at radius 1 is 1.43 bits per heavy atom. The molecule has 0 aliphatic heterocycles. The summed E-state index contributed by atoms with van der Waals surface area (Å²) in [4.78, 5) is 8.48. The lowest BCUT2D eigenvalue weighted by atomic mass is 10.2. The fraction of sp³-hybridized carbons (Fsp3) is 0.111. The number of halogens is 1. The van der Waals surface area contributed by atoms with Crippen LogP contribution in [-0.4, -0.2) is 9.97 Å². The Balaban J connectivity index is 2.29. The largest absolute Gasteiger partial charge is 0.381 e. The average Bonchev–Trinajstić information content (AvgIpc) is 2.66. The van der Waals surface area contributed by atoms with Crippen LogP contribution in [0.3, 0.4) is 0 Å². The molecule has 5 heteroatoms. The molecule has 0 aliphatic rings. The summed E-state index contributed by atoms with van der Waals surface area (Å²) >= 11 is 1.56. The van der Waals surface area contributed by atoms with E-state index in [0.29, 0.717) is 12.1 Å². The highest BCUT2D eigenvalue weighted by molar-refractivity contribution is 7.09. The first-order valence-corrected chi connectivity index (χ1v) is 4.92. The van der Waals surface area contributed by atoms with Crippen molar-refractivity contribution in [3.8, 4) is 0 Å². The first-order valence-electron chi connectivity index (χ1n) is 4.04. The lowest BCUT2D eigenvalue weighted by molar-refractivity contribution is 0.602. The molecule has 0 amide bonds. The van der Waals surface area contributed by atoms with Crippen molar-refractivity contribution < 1.29 is 4.39 Å². The molecule has 14 heavy (non-hydrogen) atoms. The number of anilines is 1. The molecule has 3 nitrogen and oxygen atoms in total. The van der Waals surface area contributed by atoms with Crippen LogP contribution in [0.1, 0.15) is 10.6 Å². The summed E-state index contributed by atoms with van der Waals surface area (Å²) < 4.78 is 13.3. The number of rotatable bonds is 2. The number of aromatic nitrogens is 2. The summed E-state index contributed by atoms with van der Waals surface area (Å²) in [6.45, 7) is 0. The zero-order valence-corrected chi connectivity index (χ0v) is 8.09.